The molecule has 0 radical (unpaired) electrons. The molecule has 25 heavy (non-hydrogen) atoms. The van der Waals surface area contributed by atoms with Crippen LogP contribution in [-0.2, 0) is 6.54 Å². The molecule has 0 spiro atoms. The Labute approximate surface area is 149 Å². The van der Waals surface area contributed by atoms with Crippen LogP contribution in [-0.4, -0.2) is 27.5 Å². The average molecular weight is 357 g/mol. The molecule has 2 aromatic carbocycles. The summed E-state index contributed by atoms with van der Waals surface area (Å²) in [6, 6.07) is 10.6. The third kappa shape index (κ3) is 3.46. The zero-order valence-corrected chi connectivity index (χ0v) is 14.2. The maximum Gasteiger partial charge on any atom is 0.335 e. The first-order valence-corrected chi connectivity index (χ1v) is 8.58. The first-order valence-electron chi connectivity index (χ1n) is 8.20. The lowest BCUT2D eigenvalue weighted by atomic mass is 10.1. The summed E-state index contributed by atoms with van der Waals surface area (Å²) in [5, 5.41) is 14.9. The van der Waals surface area contributed by atoms with E-state index in [0.29, 0.717) is 17.5 Å². The van der Waals surface area contributed by atoms with Crippen LogP contribution in [0.4, 0.5) is 0 Å². The zero-order chi connectivity index (χ0) is 17.4. The first-order chi connectivity index (χ1) is 12.1. The third-order valence-corrected chi connectivity index (χ3v) is 4.64. The first kappa shape index (κ1) is 16.0. The van der Waals surface area contributed by atoms with Crippen molar-refractivity contribution < 1.29 is 14.6 Å². The number of ether oxygens (including phenoxy) is 1. The van der Waals surface area contributed by atoms with E-state index in [-0.39, 0.29) is 5.56 Å². The highest BCUT2D eigenvalue weighted by atomic mass is 35.5. The monoisotopic (exact) mass is 356 g/mol. The predicted octanol–water partition coefficient (Wildman–Crippen LogP) is 4.23. The van der Waals surface area contributed by atoms with Gasteiger partial charge >= 0.3 is 5.97 Å². The summed E-state index contributed by atoms with van der Waals surface area (Å²) in [6.07, 6.45) is 4.15. The van der Waals surface area contributed by atoms with E-state index < -0.39 is 5.97 Å². The van der Waals surface area contributed by atoms with E-state index in [1.54, 1.807) is 24.4 Å². The molecule has 1 aliphatic rings. The maximum atomic E-state index is 11.1. The van der Waals surface area contributed by atoms with Gasteiger partial charge in [0.25, 0.3) is 0 Å². The minimum Gasteiger partial charge on any atom is -0.493 e. The Bertz CT molecular complexity index is 947. The Hall–Kier alpha value is -2.53. The molecule has 128 valence electrons. The lowest BCUT2D eigenvalue weighted by molar-refractivity contribution is 0.0697. The van der Waals surface area contributed by atoms with Gasteiger partial charge in [-0.3, -0.25) is 4.68 Å². The van der Waals surface area contributed by atoms with Crippen LogP contribution in [0.5, 0.6) is 5.75 Å². The number of halogens is 1. The number of carboxylic acids is 1. The van der Waals surface area contributed by atoms with E-state index >= 15 is 0 Å². The van der Waals surface area contributed by atoms with Crippen LogP contribution in [0, 0.1) is 5.92 Å². The molecule has 1 fully saturated rings. The van der Waals surface area contributed by atoms with Gasteiger partial charge in [-0.2, -0.15) is 5.10 Å². The molecule has 0 atom stereocenters. The Kier molecular flexibility index (Phi) is 4.09. The second-order valence-corrected chi connectivity index (χ2v) is 6.82. The molecule has 4 rings (SSSR count). The van der Waals surface area contributed by atoms with Crippen molar-refractivity contribution in [3.05, 3.63) is 58.7 Å². The van der Waals surface area contributed by atoms with Crippen LogP contribution in [0.1, 0.15) is 28.8 Å². The molecule has 1 aliphatic carbocycles. The van der Waals surface area contributed by atoms with Crippen molar-refractivity contribution in [3.63, 3.8) is 0 Å². The molecule has 0 unspecified atom stereocenters. The van der Waals surface area contributed by atoms with Crippen LogP contribution in [0.3, 0.4) is 0 Å². The maximum absolute atomic E-state index is 11.1. The predicted molar refractivity (Wildman–Crippen MR) is 95.5 cm³/mol. The van der Waals surface area contributed by atoms with Gasteiger partial charge < -0.3 is 9.84 Å². The number of aromatic carboxylic acids is 1. The molecular weight excluding hydrogens is 340 g/mol. The molecule has 0 amide bonds. The molecule has 1 saturated carbocycles. The van der Waals surface area contributed by atoms with Crippen molar-refractivity contribution in [2.24, 2.45) is 5.92 Å². The summed E-state index contributed by atoms with van der Waals surface area (Å²) >= 11 is 6.16. The van der Waals surface area contributed by atoms with Crippen LogP contribution >= 0.6 is 11.6 Å². The summed E-state index contributed by atoms with van der Waals surface area (Å²) in [5.41, 5.74) is 2.09. The number of benzene rings is 2. The molecule has 3 aromatic rings. The van der Waals surface area contributed by atoms with E-state index in [1.807, 2.05) is 22.9 Å². The molecule has 1 N–H and O–H groups in total. The number of hydrogen-bond acceptors (Lipinski definition) is 3. The van der Waals surface area contributed by atoms with E-state index in [0.717, 1.165) is 28.8 Å². The number of carboxylic acid groups (broad SMARTS) is 1. The fraction of sp³-hybridized carbons (Fsp3) is 0.263. The molecule has 0 saturated heterocycles. The Morgan fingerprint density at radius 1 is 1.28 bits per heavy atom. The highest BCUT2D eigenvalue weighted by Crippen LogP contribution is 2.31. The second kappa shape index (κ2) is 6.41. The van der Waals surface area contributed by atoms with Gasteiger partial charge in [-0.1, -0.05) is 11.6 Å². The molecule has 1 heterocycles. The number of nitrogens with zero attached hydrogens (tertiary/aromatic N) is 2. The largest absolute Gasteiger partial charge is 0.493 e. The van der Waals surface area contributed by atoms with Crippen molar-refractivity contribution in [2.75, 3.05) is 6.61 Å². The molecule has 0 bridgehead atoms. The highest BCUT2D eigenvalue weighted by Gasteiger charge is 2.22. The minimum absolute atomic E-state index is 0.253. The van der Waals surface area contributed by atoms with Crippen LogP contribution in [0.2, 0.25) is 5.02 Å². The van der Waals surface area contributed by atoms with Gasteiger partial charge in [-0.25, -0.2) is 4.79 Å². The Balaban J connectivity index is 1.64. The van der Waals surface area contributed by atoms with Gasteiger partial charge in [0.05, 0.1) is 30.4 Å². The summed E-state index contributed by atoms with van der Waals surface area (Å²) in [6.45, 7) is 1.24. The van der Waals surface area contributed by atoms with Crippen LogP contribution in [0.25, 0.3) is 10.9 Å². The van der Waals surface area contributed by atoms with E-state index in [1.165, 1.54) is 12.8 Å². The van der Waals surface area contributed by atoms with Gasteiger partial charge in [0.15, 0.2) is 0 Å². The van der Waals surface area contributed by atoms with Crippen molar-refractivity contribution in [3.8, 4) is 5.75 Å². The van der Waals surface area contributed by atoms with Gasteiger partial charge in [-0.15, -0.1) is 0 Å². The Morgan fingerprint density at radius 3 is 2.88 bits per heavy atom. The fourth-order valence-electron chi connectivity index (χ4n) is 2.81. The van der Waals surface area contributed by atoms with Crippen molar-refractivity contribution >= 4 is 28.5 Å². The van der Waals surface area contributed by atoms with E-state index in [9.17, 15) is 4.79 Å². The third-order valence-electron chi connectivity index (χ3n) is 4.40. The minimum atomic E-state index is -0.944. The standard InChI is InChI=1S/C19H17ClN2O3/c20-16-4-6-18(25-11-12-1-2-12)15(8-16)10-22-17-5-3-13(19(23)24)7-14(17)9-21-22/h3-9,12H,1-2,10-11H2,(H,23,24). The average Bonchev–Trinajstić information content (AvgIpc) is 3.34. The summed E-state index contributed by atoms with van der Waals surface area (Å²) in [5.74, 6) is 0.547. The van der Waals surface area contributed by atoms with Crippen molar-refractivity contribution in [2.45, 2.75) is 19.4 Å². The summed E-state index contributed by atoms with van der Waals surface area (Å²) < 4.78 is 7.78. The number of fused-ring (bicyclic) bond motifs is 1. The van der Waals surface area contributed by atoms with Crippen molar-refractivity contribution in [1.82, 2.24) is 9.78 Å². The SMILES string of the molecule is O=C(O)c1ccc2c(cnn2Cc2cc(Cl)ccc2OCC2CC2)c1. The van der Waals surface area contributed by atoms with Crippen LogP contribution < -0.4 is 4.74 Å². The smallest absolute Gasteiger partial charge is 0.335 e. The quantitative estimate of drug-likeness (QED) is 0.718. The van der Waals surface area contributed by atoms with Gasteiger partial charge in [0.2, 0.25) is 0 Å². The molecule has 1 aromatic heterocycles. The number of carbonyl (C=O) groups is 1. The lowest BCUT2D eigenvalue weighted by Gasteiger charge is -2.12. The Morgan fingerprint density at radius 2 is 2.12 bits per heavy atom. The highest BCUT2D eigenvalue weighted by molar-refractivity contribution is 6.30. The van der Waals surface area contributed by atoms with Gasteiger partial charge in [0.1, 0.15) is 5.75 Å². The lowest BCUT2D eigenvalue weighted by Crippen LogP contribution is -2.06. The van der Waals surface area contributed by atoms with E-state index in [2.05, 4.69) is 5.10 Å². The van der Waals surface area contributed by atoms with Gasteiger partial charge in [0, 0.05) is 16.0 Å². The normalized spacial score (nSPS) is 14.0. The second-order valence-electron chi connectivity index (χ2n) is 6.39. The fourth-order valence-corrected chi connectivity index (χ4v) is 3.01. The van der Waals surface area contributed by atoms with Crippen molar-refractivity contribution in [1.29, 1.82) is 0 Å². The number of hydrogen-bond donors (Lipinski definition) is 1. The molecule has 0 aliphatic heterocycles. The molecule has 6 heteroatoms. The molecular formula is C19H17ClN2O3. The van der Waals surface area contributed by atoms with Gasteiger partial charge in [-0.05, 0) is 55.2 Å². The number of rotatable bonds is 6. The molecule has 5 nitrogen and oxygen atoms in total. The summed E-state index contributed by atoms with van der Waals surface area (Å²) in [4.78, 5) is 11.1. The number of aromatic nitrogens is 2. The van der Waals surface area contributed by atoms with E-state index in [4.69, 9.17) is 21.4 Å². The zero-order valence-electron chi connectivity index (χ0n) is 13.5. The summed E-state index contributed by atoms with van der Waals surface area (Å²) in [7, 11) is 0. The van der Waals surface area contributed by atoms with Crippen LogP contribution in [0.15, 0.2) is 42.6 Å². The topological polar surface area (TPSA) is 64.3 Å².